The van der Waals surface area contributed by atoms with Gasteiger partial charge in [-0.25, -0.2) is 0 Å². The summed E-state index contributed by atoms with van der Waals surface area (Å²) < 4.78 is 5.23. The second-order valence-electron chi connectivity index (χ2n) is 4.35. The summed E-state index contributed by atoms with van der Waals surface area (Å²) in [5.41, 5.74) is 0.946. The van der Waals surface area contributed by atoms with Crippen molar-refractivity contribution in [1.82, 2.24) is 0 Å². The van der Waals surface area contributed by atoms with Crippen LogP contribution in [0.4, 0.5) is 0 Å². The number of carbonyl (C=O) groups excluding carboxylic acids is 1. The molecule has 0 amide bonds. The van der Waals surface area contributed by atoms with Gasteiger partial charge >= 0.3 is 0 Å². The Kier molecular flexibility index (Phi) is 6.85. The molecule has 18 heavy (non-hydrogen) atoms. The van der Waals surface area contributed by atoms with Crippen molar-refractivity contribution in [2.24, 2.45) is 0 Å². The average Bonchev–Trinajstić information content (AvgIpc) is 2.41. The normalized spacial score (nSPS) is 10.8. The highest BCUT2D eigenvalue weighted by Crippen LogP contribution is 2.18. The number of allylic oxidation sites excluding steroid dienone is 1. The molecule has 0 aliphatic carbocycles. The molecular formula is C16H22O2. The van der Waals surface area contributed by atoms with Crippen LogP contribution >= 0.6 is 0 Å². The van der Waals surface area contributed by atoms with Crippen molar-refractivity contribution in [3.63, 3.8) is 0 Å². The summed E-state index contributed by atoms with van der Waals surface area (Å²) in [6.45, 7) is 2.17. The first-order chi connectivity index (χ1) is 8.77. The molecule has 0 unspecified atom stereocenters. The van der Waals surface area contributed by atoms with Gasteiger partial charge < -0.3 is 4.74 Å². The summed E-state index contributed by atoms with van der Waals surface area (Å²) in [7, 11) is 1.64. The van der Waals surface area contributed by atoms with Crippen LogP contribution in [0.2, 0.25) is 0 Å². The van der Waals surface area contributed by atoms with E-state index in [0.717, 1.165) is 24.2 Å². The minimum absolute atomic E-state index is 0.192. The number of benzene rings is 1. The van der Waals surface area contributed by atoms with Gasteiger partial charge in [0.05, 0.1) is 7.11 Å². The highest BCUT2D eigenvalue weighted by molar-refractivity contribution is 5.93. The summed E-state index contributed by atoms with van der Waals surface area (Å²) in [6, 6.07) is 7.70. The second kappa shape index (κ2) is 8.51. The predicted octanol–water partition coefficient (Wildman–Crippen LogP) is 4.25. The first-order valence-electron chi connectivity index (χ1n) is 6.62. The monoisotopic (exact) mass is 246 g/mol. The van der Waals surface area contributed by atoms with Crippen molar-refractivity contribution in [2.45, 2.75) is 39.0 Å². The maximum Gasteiger partial charge on any atom is 0.155 e. The van der Waals surface area contributed by atoms with Crippen LogP contribution in [0.3, 0.4) is 0 Å². The third-order valence-electron chi connectivity index (χ3n) is 2.86. The molecule has 0 atom stereocenters. The van der Waals surface area contributed by atoms with Crippen molar-refractivity contribution in [3.8, 4) is 5.75 Å². The molecule has 0 saturated heterocycles. The van der Waals surface area contributed by atoms with Gasteiger partial charge in [-0.2, -0.15) is 0 Å². The number of hydrogen-bond acceptors (Lipinski definition) is 2. The van der Waals surface area contributed by atoms with Crippen molar-refractivity contribution in [2.75, 3.05) is 7.11 Å². The standard InChI is InChI=1S/C16H22O2/c1-3-4-5-6-10-15(17)13-12-14-9-7-8-11-16(14)18-2/h7-9,11-13H,3-6,10H2,1-2H3/b13-12-. The number of ether oxygens (including phenoxy) is 1. The fraction of sp³-hybridized carbons (Fsp3) is 0.438. The Labute approximate surface area is 110 Å². The summed E-state index contributed by atoms with van der Waals surface area (Å²) in [4.78, 5) is 11.7. The zero-order chi connectivity index (χ0) is 13.2. The number of hydrogen-bond donors (Lipinski definition) is 0. The zero-order valence-corrected chi connectivity index (χ0v) is 11.3. The van der Waals surface area contributed by atoms with Gasteiger partial charge in [-0.05, 0) is 24.6 Å². The van der Waals surface area contributed by atoms with Crippen molar-refractivity contribution in [3.05, 3.63) is 35.9 Å². The maximum absolute atomic E-state index is 11.7. The molecule has 0 aromatic heterocycles. The number of unbranched alkanes of at least 4 members (excludes halogenated alkanes) is 3. The van der Waals surface area contributed by atoms with Gasteiger partial charge in [0.15, 0.2) is 5.78 Å². The highest BCUT2D eigenvalue weighted by Gasteiger charge is 1.99. The van der Waals surface area contributed by atoms with Crippen molar-refractivity contribution < 1.29 is 9.53 Å². The molecule has 1 aromatic carbocycles. The van der Waals surface area contributed by atoms with Gasteiger partial charge in [0.2, 0.25) is 0 Å². The zero-order valence-electron chi connectivity index (χ0n) is 11.3. The van der Waals surface area contributed by atoms with Crippen molar-refractivity contribution >= 4 is 11.9 Å². The van der Waals surface area contributed by atoms with Crippen LogP contribution in [0, 0.1) is 0 Å². The fourth-order valence-electron chi connectivity index (χ4n) is 1.80. The Bertz CT molecular complexity index is 394. The molecule has 0 radical (unpaired) electrons. The molecule has 1 rings (SSSR count). The lowest BCUT2D eigenvalue weighted by atomic mass is 10.1. The van der Waals surface area contributed by atoms with E-state index in [9.17, 15) is 4.79 Å². The lowest BCUT2D eigenvalue weighted by Crippen LogP contribution is -1.92. The number of ketones is 1. The van der Waals surface area contributed by atoms with Gasteiger partial charge in [0.1, 0.15) is 5.75 Å². The Morgan fingerprint density at radius 3 is 2.72 bits per heavy atom. The van der Waals surface area contributed by atoms with E-state index in [0.29, 0.717) is 6.42 Å². The molecule has 0 heterocycles. The number of methoxy groups -OCH3 is 1. The van der Waals surface area contributed by atoms with E-state index in [4.69, 9.17) is 4.74 Å². The third kappa shape index (κ3) is 5.17. The predicted molar refractivity (Wildman–Crippen MR) is 75.8 cm³/mol. The fourth-order valence-corrected chi connectivity index (χ4v) is 1.80. The van der Waals surface area contributed by atoms with Crippen molar-refractivity contribution in [1.29, 1.82) is 0 Å². The molecule has 0 fully saturated rings. The van der Waals surface area contributed by atoms with E-state index in [-0.39, 0.29) is 5.78 Å². The molecule has 0 saturated carbocycles. The number of para-hydroxylation sites is 1. The van der Waals surface area contributed by atoms with Crippen LogP contribution in [0.15, 0.2) is 30.3 Å². The largest absolute Gasteiger partial charge is 0.496 e. The summed E-state index contributed by atoms with van der Waals surface area (Å²) in [5, 5.41) is 0. The lowest BCUT2D eigenvalue weighted by Gasteiger charge is -2.03. The highest BCUT2D eigenvalue weighted by atomic mass is 16.5. The molecule has 1 aromatic rings. The lowest BCUT2D eigenvalue weighted by molar-refractivity contribution is -0.114. The topological polar surface area (TPSA) is 26.3 Å². The van der Waals surface area contributed by atoms with Crippen LogP contribution in [0.25, 0.3) is 6.08 Å². The third-order valence-corrected chi connectivity index (χ3v) is 2.86. The van der Waals surface area contributed by atoms with E-state index < -0.39 is 0 Å². The number of rotatable bonds is 8. The van der Waals surface area contributed by atoms with Crippen LogP contribution in [-0.4, -0.2) is 12.9 Å². The van der Waals surface area contributed by atoms with E-state index in [2.05, 4.69) is 6.92 Å². The van der Waals surface area contributed by atoms with E-state index in [1.165, 1.54) is 12.8 Å². The molecule has 0 aliphatic heterocycles. The van der Waals surface area contributed by atoms with Crippen LogP contribution in [0.5, 0.6) is 5.75 Å². The van der Waals surface area contributed by atoms with Gasteiger partial charge in [0.25, 0.3) is 0 Å². The first kappa shape index (κ1) is 14.5. The molecule has 0 bridgehead atoms. The summed E-state index contributed by atoms with van der Waals surface area (Å²) >= 11 is 0. The Morgan fingerprint density at radius 1 is 1.22 bits per heavy atom. The quantitative estimate of drug-likeness (QED) is 0.506. The SMILES string of the molecule is CCCCCCC(=O)/C=C\c1ccccc1OC. The Hall–Kier alpha value is -1.57. The van der Waals surface area contributed by atoms with E-state index >= 15 is 0 Å². The molecule has 0 spiro atoms. The van der Waals surface area contributed by atoms with Gasteiger partial charge in [-0.3, -0.25) is 4.79 Å². The molecule has 98 valence electrons. The van der Waals surface area contributed by atoms with Crippen LogP contribution in [0.1, 0.15) is 44.6 Å². The Balaban J connectivity index is 2.45. The molecule has 2 heteroatoms. The molecule has 0 aliphatic rings. The number of carbonyl (C=O) groups is 1. The van der Waals surface area contributed by atoms with Gasteiger partial charge in [0, 0.05) is 12.0 Å². The first-order valence-corrected chi connectivity index (χ1v) is 6.62. The smallest absolute Gasteiger partial charge is 0.155 e. The van der Waals surface area contributed by atoms with E-state index in [1.54, 1.807) is 13.2 Å². The van der Waals surface area contributed by atoms with Crippen LogP contribution < -0.4 is 4.74 Å². The second-order valence-corrected chi connectivity index (χ2v) is 4.35. The maximum atomic E-state index is 11.7. The molecular weight excluding hydrogens is 224 g/mol. The minimum atomic E-state index is 0.192. The van der Waals surface area contributed by atoms with E-state index in [1.807, 2.05) is 30.3 Å². The minimum Gasteiger partial charge on any atom is -0.496 e. The van der Waals surface area contributed by atoms with Gasteiger partial charge in [-0.1, -0.05) is 44.4 Å². The molecule has 2 nitrogen and oxygen atoms in total. The average molecular weight is 246 g/mol. The van der Waals surface area contributed by atoms with Crippen LogP contribution in [-0.2, 0) is 4.79 Å². The summed E-state index contributed by atoms with van der Waals surface area (Å²) in [6.07, 6.45) is 8.68. The van der Waals surface area contributed by atoms with Gasteiger partial charge in [-0.15, -0.1) is 0 Å². The summed E-state index contributed by atoms with van der Waals surface area (Å²) in [5.74, 6) is 0.990. The molecule has 0 N–H and O–H groups in total. The Morgan fingerprint density at radius 2 is 2.00 bits per heavy atom.